The van der Waals surface area contributed by atoms with E-state index in [2.05, 4.69) is 26.8 Å². The number of hydrogen-bond acceptors (Lipinski definition) is 3. The molecule has 1 N–H and O–H groups in total. The second-order valence-corrected chi connectivity index (χ2v) is 5.64. The van der Waals surface area contributed by atoms with Gasteiger partial charge >= 0.3 is 5.97 Å². The van der Waals surface area contributed by atoms with Gasteiger partial charge in [-0.3, -0.25) is 4.79 Å². The Morgan fingerprint density at radius 2 is 2.00 bits per heavy atom. The van der Waals surface area contributed by atoms with Crippen LogP contribution in [0.5, 0.6) is 0 Å². The predicted molar refractivity (Wildman–Crippen MR) is 74.2 cm³/mol. The predicted octanol–water partition coefficient (Wildman–Crippen LogP) is 3.32. The molecule has 3 atom stereocenters. The Kier molecular flexibility index (Phi) is 7.22. The fraction of sp³-hybridized carbons (Fsp3) is 0.800. The molecular formula is C15H28O3. The third-order valence-electron chi connectivity index (χ3n) is 3.68. The number of carbonyl (C=O) groups is 1. The molecule has 0 aliphatic heterocycles. The molecule has 0 saturated heterocycles. The Morgan fingerprint density at radius 1 is 1.44 bits per heavy atom. The van der Waals surface area contributed by atoms with Gasteiger partial charge in [0.1, 0.15) is 0 Å². The molecule has 0 bridgehead atoms. The molecule has 106 valence electrons. The zero-order valence-electron chi connectivity index (χ0n) is 12.6. The van der Waals surface area contributed by atoms with Gasteiger partial charge in [0.05, 0.1) is 18.6 Å². The van der Waals surface area contributed by atoms with Crippen molar-refractivity contribution < 1.29 is 14.6 Å². The number of allylic oxidation sites excluding steroid dienone is 2. The van der Waals surface area contributed by atoms with E-state index < -0.39 is 11.5 Å². The first-order valence-corrected chi connectivity index (χ1v) is 6.67. The van der Waals surface area contributed by atoms with E-state index in [4.69, 9.17) is 4.74 Å². The maximum absolute atomic E-state index is 11.8. The summed E-state index contributed by atoms with van der Waals surface area (Å²) in [5, 5.41) is 10.3. The summed E-state index contributed by atoms with van der Waals surface area (Å²) in [4.78, 5) is 11.8. The van der Waals surface area contributed by atoms with Crippen LogP contribution in [0.2, 0.25) is 0 Å². The summed E-state index contributed by atoms with van der Waals surface area (Å²) in [5.74, 6) is 0.0253. The number of aliphatic hydroxyl groups is 1. The summed E-state index contributed by atoms with van der Waals surface area (Å²) in [6.07, 6.45) is 3.63. The van der Waals surface area contributed by atoms with Crippen molar-refractivity contribution >= 4 is 5.97 Å². The Labute approximate surface area is 111 Å². The number of esters is 1. The maximum atomic E-state index is 11.8. The van der Waals surface area contributed by atoms with Gasteiger partial charge in [-0.05, 0) is 46.0 Å². The lowest BCUT2D eigenvalue weighted by molar-refractivity contribution is -0.160. The van der Waals surface area contributed by atoms with Crippen LogP contribution in [0, 0.1) is 11.3 Å². The van der Waals surface area contributed by atoms with Crippen molar-refractivity contribution in [1.82, 2.24) is 0 Å². The normalized spacial score (nSPS) is 17.5. The van der Waals surface area contributed by atoms with Gasteiger partial charge in [0.25, 0.3) is 0 Å². The van der Waals surface area contributed by atoms with Crippen LogP contribution in [0.3, 0.4) is 0 Å². The van der Waals surface area contributed by atoms with Crippen LogP contribution in [-0.2, 0) is 9.53 Å². The van der Waals surface area contributed by atoms with E-state index in [0.717, 1.165) is 6.42 Å². The van der Waals surface area contributed by atoms with Gasteiger partial charge in [0.15, 0.2) is 0 Å². The summed E-state index contributed by atoms with van der Waals surface area (Å²) in [6.45, 7) is 9.90. The number of rotatable bonds is 7. The third-order valence-corrected chi connectivity index (χ3v) is 3.68. The van der Waals surface area contributed by atoms with E-state index in [1.54, 1.807) is 6.92 Å². The van der Waals surface area contributed by atoms with Gasteiger partial charge in [0, 0.05) is 0 Å². The van der Waals surface area contributed by atoms with E-state index in [1.165, 1.54) is 12.7 Å². The molecule has 0 aromatic heterocycles. The number of methoxy groups -OCH3 is 1. The van der Waals surface area contributed by atoms with E-state index >= 15 is 0 Å². The van der Waals surface area contributed by atoms with Crippen molar-refractivity contribution in [2.24, 2.45) is 11.3 Å². The molecule has 0 aromatic rings. The largest absolute Gasteiger partial charge is 0.469 e. The first kappa shape index (κ1) is 17.2. The smallest absolute Gasteiger partial charge is 0.314 e. The van der Waals surface area contributed by atoms with E-state index in [9.17, 15) is 9.90 Å². The van der Waals surface area contributed by atoms with Gasteiger partial charge in [-0.15, -0.1) is 0 Å². The lowest BCUT2D eigenvalue weighted by Crippen LogP contribution is -2.41. The first-order chi connectivity index (χ1) is 8.27. The Hall–Kier alpha value is -0.830. The molecule has 3 nitrogen and oxygen atoms in total. The molecule has 18 heavy (non-hydrogen) atoms. The van der Waals surface area contributed by atoms with Gasteiger partial charge in [-0.2, -0.15) is 0 Å². The molecule has 0 saturated carbocycles. The fourth-order valence-corrected chi connectivity index (χ4v) is 1.92. The molecule has 0 fully saturated rings. The second-order valence-electron chi connectivity index (χ2n) is 5.64. The molecule has 0 heterocycles. The zero-order valence-corrected chi connectivity index (χ0v) is 12.6. The highest BCUT2D eigenvalue weighted by Gasteiger charge is 2.40. The zero-order chi connectivity index (χ0) is 14.3. The molecule has 0 unspecified atom stereocenters. The van der Waals surface area contributed by atoms with Crippen LogP contribution in [0.25, 0.3) is 0 Å². The number of hydrogen-bond donors (Lipinski definition) is 1. The highest BCUT2D eigenvalue weighted by Crippen LogP contribution is 2.32. The van der Waals surface area contributed by atoms with Crippen molar-refractivity contribution in [3.8, 4) is 0 Å². The summed E-state index contributed by atoms with van der Waals surface area (Å²) < 4.78 is 4.80. The highest BCUT2D eigenvalue weighted by molar-refractivity contribution is 5.76. The van der Waals surface area contributed by atoms with Gasteiger partial charge < -0.3 is 9.84 Å². The molecule has 3 heteroatoms. The van der Waals surface area contributed by atoms with Gasteiger partial charge in [-0.1, -0.05) is 25.5 Å². The topological polar surface area (TPSA) is 46.5 Å². The molecule has 0 spiro atoms. The number of carbonyl (C=O) groups excluding carboxylic acids is 1. The monoisotopic (exact) mass is 256 g/mol. The lowest BCUT2D eigenvalue weighted by Gasteiger charge is -2.32. The lowest BCUT2D eigenvalue weighted by atomic mass is 9.77. The molecule has 0 aromatic carbocycles. The minimum atomic E-state index is -0.798. The van der Waals surface area contributed by atoms with Crippen LogP contribution in [0.15, 0.2) is 11.6 Å². The summed E-state index contributed by atoms with van der Waals surface area (Å²) in [6, 6.07) is 0. The van der Waals surface area contributed by atoms with E-state index in [0.29, 0.717) is 18.8 Å². The van der Waals surface area contributed by atoms with Crippen LogP contribution >= 0.6 is 0 Å². The van der Waals surface area contributed by atoms with Crippen molar-refractivity contribution in [2.45, 2.75) is 60.0 Å². The molecule has 0 aliphatic rings. The van der Waals surface area contributed by atoms with Crippen molar-refractivity contribution in [1.29, 1.82) is 0 Å². The number of aliphatic hydroxyl groups excluding tert-OH is 1. The van der Waals surface area contributed by atoms with Crippen LogP contribution in [0.4, 0.5) is 0 Å². The van der Waals surface area contributed by atoms with Gasteiger partial charge in [0.2, 0.25) is 0 Å². The Balaban J connectivity index is 4.57. The summed E-state index contributed by atoms with van der Waals surface area (Å²) in [5.41, 5.74) is 0.483. The SMILES string of the molecule is CC[C@](C)(C(=O)OC)[C@H](O)C[C@H](C)CC=C(C)C. The number of ether oxygens (including phenoxy) is 1. The molecule has 0 amide bonds. The van der Waals surface area contributed by atoms with Crippen molar-refractivity contribution in [3.05, 3.63) is 11.6 Å². The second kappa shape index (κ2) is 7.57. The van der Waals surface area contributed by atoms with E-state index in [-0.39, 0.29) is 5.97 Å². The van der Waals surface area contributed by atoms with Crippen molar-refractivity contribution in [3.63, 3.8) is 0 Å². The molecular weight excluding hydrogens is 228 g/mol. The van der Waals surface area contributed by atoms with E-state index in [1.807, 2.05) is 6.92 Å². The standard InChI is InChI=1S/C15H28O3/c1-7-15(5,14(17)18-6)13(16)10-12(4)9-8-11(2)3/h8,12-13,16H,7,9-10H2,1-6H3/t12-,13-,15+/m1/s1. The average molecular weight is 256 g/mol. The fourth-order valence-electron chi connectivity index (χ4n) is 1.92. The van der Waals surface area contributed by atoms with Crippen LogP contribution in [0.1, 0.15) is 53.9 Å². The maximum Gasteiger partial charge on any atom is 0.314 e. The Morgan fingerprint density at radius 3 is 2.39 bits per heavy atom. The first-order valence-electron chi connectivity index (χ1n) is 6.67. The average Bonchev–Trinajstić information content (AvgIpc) is 2.33. The van der Waals surface area contributed by atoms with Crippen LogP contribution < -0.4 is 0 Å². The third kappa shape index (κ3) is 4.81. The summed E-state index contributed by atoms with van der Waals surface area (Å²) >= 11 is 0. The quantitative estimate of drug-likeness (QED) is 0.561. The summed E-state index contributed by atoms with van der Waals surface area (Å²) in [7, 11) is 1.37. The molecule has 0 radical (unpaired) electrons. The molecule has 0 rings (SSSR count). The Bertz CT molecular complexity index is 292. The highest BCUT2D eigenvalue weighted by atomic mass is 16.5. The van der Waals surface area contributed by atoms with Crippen LogP contribution in [-0.4, -0.2) is 24.3 Å². The molecule has 0 aliphatic carbocycles. The minimum Gasteiger partial charge on any atom is -0.469 e. The van der Waals surface area contributed by atoms with Gasteiger partial charge in [-0.25, -0.2) is 0 Å². The minimum absolute atomic E-state index is 0.327. The van der Waals surface area contributed by atoms with Crippen molar-refractivity contribution in [2.75, 3.05) is 7.11 Å².